The van der Waals surface area contributed by atoms with Gasteiger partial charge in [-0.25, -0.2) is 9.59 Å². The van der Waals surface area contributed by atoms with Crippen molar-refractivity contribution in [1.29, 1.82) is 0 Å². The second-order valence-electron chi connectivity index (χ2n) is 10.2. The van der Waals surface area contributed by atoms with E-state index >= 15 is 0 Å². The zero-order chi connectivity index (χ0) is 24.6. The van der Waals surface area contributed by atoms with E-state index in [2.05, 4.69) is 29.6 Å². The summed E-state index contributed by atoms with van der Waals surface area (Å²) in [6.45, 7) is 0.724. The molecule has 7 heteroatoms. The third-order valence-electron chi connectivity index (χ3n) is 8.11. The summed E-state index contributed by atoms with van der Waals surface area (Å²) in [4.78, 5) is 38.5. The molecule has 2 unspecified atom stereocenters. The molecule has 7 nitrogen and oxygen atoms in total. The Morgan fingerprint density at radius 1 is 1.03 bits per heavy atom. The van der Waals surface area contributed by atoms with E-state index in [9.17, 15) is 19.5 Å². The van der Waals surface area contributed by atoms with Crippen LogP contribution in [0.3, 0.4) is 0 Å². The van der Waals surface area contributed by atoms with Crippen molar-refractivity contribution in [3.05, 3.63) is 59.7 Å². The van der Waals surface area contributed by atoms with Crippen molar-refractivity contribution in [2.24, 2.45) is 11.8 Å². The lowest BCUT2D eigenvalue weighted by Crippen LogP contribution is -2.48. The number of fused-ring (bicyclic) bond motifs is 3. The maximum Gasteiger partial charge on any atom is 0.407 e. The number of nitrogens with one attached hydrogen (secondary N) is 1. The van der Waals surface area contributed by atoms with Crippen LogP contribution in [0.5, 0.6) is 0 Å². The first kappa shape index (κ1) is 23.4. The molecule has 2 fully saturated rings. The Morgan fingerprint density at radius 2 is 1.66 bits per heavy atom. The number of hydrogen-bond donors (Lipinski definition) is 2. The number of aliphatic carboxylic acids is 1. The summed E-state index contributed by atoms with van der Waals surface area (Å²) in [6.07, 6.45) is 3.83. The fraction of sp³-hybridized carbons (Fsp3) is 0.464. The van der Waals surface area contributed by atoms with Crippen molar-refractivity contribution < 1.29 is 24.2 Å². The molecule has 2 aromatic carbocycles. The molecule has 3 aliphatic carbocycles. The molecule has 0 aliphatic heterocycles. The number of benzene rings is 2. The highest BCUT2D eigenvalue weighted by atomic mass is 16.5. The molecular formula is C28H32N2O5. The van der Waals surface area contributed by atoms with Gasteiger partial charge in [0.15, 0.2) is 0 Å². The van der Waals surface area contributed by atoms with Crippen LogP contribution in [0.2, 0.25) is 0 Å². The van der Waals surface area contributed by atoms with Crippen molar-refractivity contribution >= 4 is 18.0 Å². The number of rotatable bonds is 7. The molecule has 3 aliphatic rings. The van der Waals surface area contributed by atoms with Crippen LogP contribution in [0.1, 0.15) is 55.6 Å². The lowest BCUT2D eigenvalue weighted by atomic mass is 9.80. The number of likely N-dealkylation sites (N-methyl/N-ethyl adjacent to an activating group) is 1. The van der Waals surface area contributed by atoms with E-state index in [0.717, 1.165) is 19.3 Å². The molecule has 184 valence electrons. The van der Waals surface area contributed by atoms with Crippen molar-refractivity contribution in [2.75, 3.05) is 20.2 Å². The Bertz CT molecular complexity index is 1100. The largest absolute Gasteiger partial charge is 0.479 e. The molecule has 0 heterocycles. The predicted octanol–water partition coefficient (Wildman–Crippen LogP) is 4.41. The molecular weight excluding hydrogens is 444 g/mol. The average molecular weight is 477 g/mol. The molecule has 0 saturated heterocycles. The van der Waals surface area contributed by atoms with E-state index in [-0.39, 0.29) is 30.3 Å². The smallest absolute Gasteiger partial charge is 0.407 e. The Labute approximate surface area is 205 Å². The quantitative estimate of drug-likeness (QED) is 0.617. The summed E-state index contributed by atoms with van der Waals surface area (Å²) in [5.74, 6) is -1.01. The first-order valence-electron chi connectivity index (χ1n) is 12.5. The van der Waals surface area contributed by atoms with Gasteiger partial charge in [0.2, 0.25) is 5.91 Å². The van der Waals surface area contributed by atoms with Gasteiger partial charge in [-0.2, -0.15) is 0 Å². The molecule has 0 bridgehead atoms. The highest BCUT2D eigenvalue weighted by Gasteiger charge is 2.56. The number of hydrogen-bond acceptors (Lipinski definition) is 4. The van der Waals surface area contributed by atoms with E-state index in [4.69, 9.17) is 4.74 Å². The lowest BCUT2D eigenvalue weighted by Gasteiger charge is -2.33. The van der Waals surface area contributed by atoms with Gasteiger partial charge in [0, 0.05) is 25.4 Å². The van der Waals surface area contributed by atoms with Gasteiger partial charge < -0.3 is 20.1 Å². The Hall–Kier alpha value is -3.35. The van der Waals surface area contributed by atoms with Crippen LogP contribution < -0.4 is 5.32 Å². The number of amides is 2. The Morgan fingerprint density at radius 3 is 2.26 bits per heavy atom. The number of carbonyl (C=O) groups is 3. The molecule has 0 spiro atoms. The molecule has 2 atom stereocenters. The summed E-state index contributed by atoms with van der Waals surface area (Å²) < 4.78 is 5.63. The van der Waals surface area contributed by atoms with Gasteiger partial charge in [0.1, 0.15) is 12.1 Å². The van der Waals surface area contributed by atoms with Gasteiger partial charge in [-0.3, -0.25) is 4.79 Å². The molecule has 2 saturated carbocycles. The standard InChI is InChI=1S/C28H32N2O5/c1-30(28(13-14-28)26(32)33)25(31)19-8-6-7-18(15-19)16-29-27(34)35-17-24-22-11-4-2-9-20(22)21-10-3-5-12-23(21)24/h2-5,9-12,18-19,24H,6-8,13-17H2,1H3,(H,29,34)(H,32,33). The molecule has 2 amide bonds. The summed E-state index contributed by atoms with van der Waals surface area (Å²) in [5, 5.41) is 12.4. The van der Waals surface area contributed by atoms with Crippen LogP contribution in [-0.4, -0.2) is 53.7 Å². The molecule has 2 N–H and O–H groups in total. The number of alkyl carbamates (subject to hydrolysis) is 1. The van der Waals surface area contributed by atoms with Crippen molar-refractivity contribution in [1.82, 2.24) is 10.2 Å². The molecule has 5 rings (SSSR count). The molecule has 35 heavy (non-hydrogen) atoms. The number of nitrogens with zero attached hydrogens (tertiary/aromatic N) is 1. The number of carboxylic acid groups (broad SMARTS) is 1. The van der Waals surface area contributed by atoms with Gasteiger partial charge in [0.25, 0.3) is 0 Å². The minimum Gasteiger partial charge on any atom is -0.479 e. The van der Waals surface area contributed by atoms with Gasteiger partial charge in [-0.1, -0.05) is 55.0 Å². The van der Waals surface area contributed by atoms with Gasteiger partial charge >= 0.3 is 12.1 Å². The fourth-order valence-electron chi connectivity index (χ4n) is 5.87. The molecule has 2 aromatic rings. The van der Waals surface area contributed by atoms with Gasteiger partial charge in [-0.15, -0.1) is 0 Å². The van der Waals surface area contributed by atoms with E-state index in [1.807, 2.05) is 24.3 Å². The molecule has 0 radical (unpaired) electrons. The first-order valence-corrected chi connectivity index (χ1v) is 12.5. The fourth-order valence-corrected chi connectivity index (χ4v) is 5.87. The maximum atomic E-state index is 13.0. The number of ether oxygens (including phenoxy) is 1. The van der Waals surface area contributed by atoms with Crippen LogP contribution in [0.15, 0.2) is 48.5 Å². The summed E-state index contributed by atoms with van der Waals surface area (Å²) in [7, 11) is 1.61. The third kappa shape index (κ3) is 4.40. The summed E-state index contributed by atoms with van der Waals surface area (Å²) >= 11 is 0. The SMILES string of the molecule is CN(C(=O)C1CCCC(CNC(=O)OCC2c3ccccc3-c3ccccc32)C1)C1(C(=O)O)CC1. The second-order valence-corrected chi connectivity index (χ2v) is 10.2. The van der Waals surface area contributed by atoms with E-state index < -0.39 is 17.6 Å². The third-order valence-corrected chi connectivity index (χ3v) is 8.11. The van der Waals surface area contributed by atoms with E-state index in [0.29, 0.717) is 25.8 Å². The Balaban J connectivity index is 1.13. The highest BCUT2D eigenvalue weighted by molar-refractivity contribution is 5.90. The average Bonchev–Trinajstić information content (AvgIpc) is 3.64. The van der Waals surface area contributed by atoms with Gasteiger partial charge in [-0.05, 0) is 60.3 Å². The second kappa shape index (κ2) is 9.36. The van der Waals surface area contributed by atoms with Crippen LogP contribution in [0, 0.1) is 11.8 Å². The first-order chi connectivity index (χ1) is 16.9. The monoisotopic (exact) mass is 476 g/mol. The topological polar surface area (TPSA) is 95.9 Å². The minimum absolute atomic E-state index is 0.0179. The van der Waals surface area contributed by atoms with E-state index in [1.54, 1.807) is 7.05 Å². The Kier molecular flexibility index (Phi) is 6.26. The van der Waals surface area contributed by atoms with Crippen LogP contribution in [0.25, 0.3) is 11.1 Å². The van der Waals surface area contributed by atoms with Gasteiger partial charge in [0.05, 0.1) is 0 Å². The van der Waals surface area contributed by atoms with Crippen LogP contribution in [-0.2, 0) is 14.3 Å². The summed E-state index contributed by atoms with van der Waals surface area (Å²) in [5.41, 5.74) is 3.72. The van der Waals surface area contributed by atoms with Crippen molar-refractivity contribution in [3.63, 3.8) is 0 Å². The van der Waals surface area contributed by atoms with Crippen LogP contribution >= 0.6 is 0 Å². The highest BCUT2D eigenvalue weighted by Crippen LogP contribution is 2.45. The predicted molar refractivity (Wildman–Crippen MR) is 131 cm³/mol. The van der Waals surface area contributed by atoms with Crippen molar-refractivity contribution in [2.45, 2.75) is 50.0 Å². The van der Waals surface area contributed by atoms with Crippen molar-refractivity contribution in [3.8, 4) is 11.1 Å². The van der Waals surface area contributed by atoms with Crippen LogP contribution in [0.4, 0.5) is 4.79 Å². The minimum atomic E-state index is -1.01. The summed E-state index contributed by atoms with van der Waals surface area (Å²) in [6, 6.07) is 16.5. The molecule has 0 aromatic heterocycles. The van der Waals surface area contributed by atoms with E-state index in [1.165, 1.54) is 27.2 Å². The zero-order valence-electron chi connectivity index (χ0n) is 20.0. The maximum absolute atomic E-state index is 13.0. The number of carbonyl (C=O) groups excluding carboxylic acids is 2. The normalized spacial score (nSPS) is 22.0. The lowest BCUT2D eigenvalue weighted by molar-refractivity contribution is -0.153. The zero-order valence-corrected chi connectivity index (χ0v) is 20.0. The number of carboxylic acids is 1.